The normalized spacial score (nSPS) is 18.3. The van der Waals surface area contributed by atoms with Crippen molar-refractivity contribution in [3.05, 3.63) is 74.7 Å². The van der Waals surface area contributed by atoms with Crippen LogP contribution in [0.15, 0.2) is 59.0 Å². The van der Waals surface area contributed by atoms with E-state index in [1.807, 2.05) is 19.1 Å². The van der Waals surface area contributed by atoms with Crippen LogP contribution in [0.4, 0.5) is 0 Å². The first-order valence-electron chi connectivity index (χ1n) is 7.57. The molecule has 0 fully saturated rings. The molecule has 0 amide bonds. The van der Waals surface area contributed by atoms with E-state index in [4.69, 9.17) is 0 Å². The van der Waals surface area contributed by atoms with Gasteiger partial charge in [0.05, 0.1) is 11.3 Å². The summed E-state index contributed by atoms with van der Waals surface area (Å²) in [7, 11) is 0. The highest BCUT2D eigenvalue weighted by Gasteiger charge is 2.26. The number of phenolic OH excluding ortho intramolecular Hbond substituents is 1. The van der Waals surface area contributed by atoms with Crippen LogP contribution in [0.5, 0.6) is 5.75 Å². The molecule has 122 valence electrons. The maximum absolute atomic E-state index is 11.1. The van der Waals surface area contributed by atoms with Gasteiger partial charge >= 0.3 is 0 Å². The van der Waals surface area contributed by atoms with Crippen molar-refractivity contribution in [2.75, 3.05) is 0 Å². The number of phenols is 1. The Hall–Kier alpha value is -2.56. The molecule has 0 aromatic heterocycles. The first-order valence-corrected chi connectivity index (χ1v) is 7.57. The summed E-state index contributed by atoms with van der Waals surface area (Å²) in [5.74, 6) is 0.190. The van der Waals surface area contributed by atoms with Crippen molar-refractivity contribution in [2.24, 2.45) is 5.92 Å². The number of rotatable bonds is 4. The number of nitrogens with zero attached hydrogens (tertiary/aromatic N) is 1. The predicted octanol–water partition coefficient (Wildman–Crippen LogP) is 4.45. The van der Waals surface area contributed by atoms with Gasteiger partial charge in [0.1, 0.15) is 5.75 Å². The Bertz CT molecular complexity index is 696. The van der Waals surface area contributed by atoms with Crippen LogP contribution in [0.2, 0.25) is 0 Å². The Balaban J connectivity index is 2.44. The number of nitro groups is 1. The molecule has 0 spiro atoms. The molecule has 2 N–H and O–H groups in total. The lowest BCUT2D eigenvalue weighted by Gasteiger charge is -2.24. The Morgan fingerprint density at radius 1 is 1.13 bits per heavy atom. The van der Waals surface area contributed by atoms with Crippen LogP contribution in [0.1, 0.15) is 38.7 Å². The van der Waals surface area contributed by atoms with E-state index in [2.05, 4.69) is 13.8 Å². The van der Waals surface area contributed by atoms with E-state index >= 15 is 0 Å². The maximum Gasteiger partial charge on any atom is 0.291 e. The van der Waals surface area contributed by atoms with Gasteiger partial charge in [0, 0.05) is 5.92 Å². The summed E-state index contributed by atoms with van der Waals surface area (Å²) < 4.78 is 0. The Morgan fingerprint density at radius 2 is 1.74 bits per heavy atom. The largest absolute Gasteiger partial charge is 0.508 e. The molecular formula is C18H21NO4. The molecule has 0 saturated heterocycles. The van der Waals surface area contributed by atoms with E-state index in [0.29, 0.717) is 0 Å². The van der Waals surface area contributed by atoms with Crippen LogP contribution in [0, 0.1) is 16.0 Å². The van der Waals surface area contributed by atoms with Gasteiger partial charge in [-0.1, -0.05) is 44.6 Å². The number of aliphatic hydroxyl groups excluding tert-OH is 1. The highest BCUT2D eigenvalue weighted by molar-refractivity contribution is 5.43. The molecule has 5 heteroatoms. The number of aliphatic hydroxyl groups is 1. The number of aromatic hydroxyl groups is 1. The van der Waals surface area contributed by atoms with Gasteiger partial charge in [0.15, 0.2) is 5.76 Å². The molecule has 0 saturated carbocycles. The molecule has 0 bridgehead atoms. The number of allylic oxidation sites excluding steroid dienone is 4. The highest BCUT2D eigenvalue weighted by atomic mass is 16.6. The summed E-state index contributed by atoms with van der Waals surface area (Å²) in [5.41, 5.74) is 2.83. The van der Waals surface area contributed by atoms with Crippen molar-refractivity contribution in [1.82, 2.24) is 0 Å². The van der Waals surface area contributed by atoms with Crippen LogP contribution in [0.25, 0.3) is 0 Å². The SMILES string of the molecule is CC(C)C(=C1C=CC(O)=C([N+](=O)[O-])C1)C(C)c1ccc(O)cc1. The molecular weight excluding hydrogens is 294 g/mol. The number of hydrogen-bond donors (Lipinski definition) is 2. The van der Waals surface area contributed by atoms with Gasteiger partial charge in [0.2, 0.25) is 0 Å². The van der Waals surface area contributed by atoms with Crippen molar-refractivity contribution in [2.45, 2.75) is 33.1 Å². The summed E-state index contributed by atoms with van der Waals surface area (Å²) >= 11 is 0. The van der Waals surface area contributed by atoms with Crippen molar-refractivity contribution in [3.63, 3.8) is 0 Å². The van der Waals surface area contributed by atoms with Gasteiger partial charge in [-0.05, 0) is 35.3 Å². The minimum atomic E-state index is -0.526. The van der Waals surface area contributed by atoms with Gasteiger partial charge in [-0.15, -0.1) is 0 Å². The van der Waals surface area contributed by atoms with E-state index in [0.717, 1.165) is 16.7 Å². The van der Waals surface area contributed by atoms with E-state index in [9.17, 15) is 20.3 Å². The monoisotopic (exact) mass is 315 g/mol. The fourth-order valence-electron chi connectivity index (χ4n) is 3.05. The third kappa shape index (κ3) is 3.62. The van der Waals surface area contributed by atoms with Gasteiger partial charge in [0.25, 0.3) is 5.70 Å². The summed E-state index contributed by atoms with van der Waals surface area (Å²) in [6.07, 6.45) is 3.27. The lowest BCUT2D eigenvalue weighted by molar-refractivity contribution is -0.429. The molecule has 0 aliphatic heterocycles. The minimum Gasteiger partial charge on any atom is -0.508 e. The summed E-state index contributed by atoms with van der Waals surface area (Å²) in [6, 6.07) is 6.99. The van der Waals surface area contributed by atoms with Gasteiger partial charge in [-0.25, -0.2) is 0 Å². The van der Waals surface area contributed by atoms with Gasteiger partial charge < -0.3 is 10.2 Å². The fourth-order valence-corrected chi connectivity index (χ4v) is 3.05. The molecule has 5 nitrogen and oxygen atoms in total. The Kier molecular flexibility index (Phi) is 4.89. The van der Waals surface area contributed by atoms with Crippen molar-refractivity contribution in [3.8, 4) is 5.75 Å². The third-order valence-electron chi connectivity index (χ3n) is 4.17. The third-order valence-corrected chi connectivity index (χ3v) is 4.17. The van der Waals surface area contributed by atoms with Crippen molar-refractivity contribution < 1.29 is 15.1 Å². The molecule has 1 aliphatic carbocycles. The highest BCUT2D eigenvalue weighted by Crippen LogP contribution is 2.36. The Morgan fingerprint density at radius 3 is 2.26 bits per heavy atom. The van der Waals surface area contributed by atoms with E-state index in [1.165, 1.54) is 6.08 Å². The van der Waals surface area contributed by atoms with E-state index in [-0.39, 0.29) is 35.5 Å². The van der Waals surface area contributed by atoms with Gasteiger partial charge in [-0.2, -0.15) is 0 Å². The minimum absolute atomic E-state index is 0.0588. The second kappa shape index (κ2) is 6.69. The first kappa shape index (κ1) is 16.8. The van der Waals surface area contributed by atoms with Crippen LogP contribution >= 0.6 is 0 Å². The van der Waals surface area contributed by atoms with Crippen molar-refractivity contribution in [1.29, 1.82) is 0 Å². The summed E-state index contributed by atoms with van der Waals surface area (Å²) in [4.78, 5) is 10.6. The molecule has 1 aliphatic rings. The topological polar surface area (TPSA) is 83.6 Å². The van der Waals surface area contributed by atoms with Crippen LogP contribution in [0.3, 0.4) is 0 Å². The molecule has 23 heavy (non-hydrogen) atoms. The lowest BCUT2D eigenvalue weighted by atomic mass is 9.81. The molecule has 0 heterocycles. The molecule has 1 atom stereocenters. The molecule has 0 radical (unpaired) electrons. The zero-order valence-corrected chi connectivity index (χ0v) is 13.5. The quantitative estimate of drug-likeness (QED) is 0.635. The molecule has 2 rings (SSSR count). The van der Waals surface area contributed by atoms with E-state index in [1.54, 1.807) is 18.2 Å². The standard InChI is InChI=1S/C18H21NO4/c1-11(2)18(12(3)13-4-7-15(20)8-5-13)14-6-9-17(21)16(10-14)19(22)23/h4-9,11-12,20-21H,10H2,1-3H3. The average molecular weight is 315 g/mol. The summed E-state index contributed by atoms with van der Waals surface area (Å²) in [5, 5.41) is 30.2. The zero-order valence-electron chi connectivity index (χ0n) is 13.5. The maximum atomic E-state index is 11.1. The molecule has 1 aromatic carbocycles. The zero-order chi connectivity index (χ0) is 17.1. The first-order chi connectivity index (χ1) is 10.8. The second-order valence-electron chi connectivity index (χ2n) is 6.05. The second-order valence-corrected chi connectivity index (χ2v) is 6.05. The van der Waals surface area contributed by atoms with Crippen LogP contribution in [-0.4, -0.2) is 15.1 Å². The summed E-state index contributed by atoms with van der Waals surface area (Å²) in [6.45, 7) is 6.15. The lowest BCUT2D eigenvalue weighted by Crippen LogP contribution is -2.12. The van der Waals surface area contributed by atoms with Crippen molar-refractivity contribution >= 4 is 0 Å². The number of hydrogen-bond acceptors (Lipinski definition) is 4. The fraction of sp³-hybridized carbons (Fsp3) is 0.333. The van der Waals surface area contributed by atoms with Gasteiger partial charge in [-0.3, -0.25) is 10.1 Å². The number of benzene rings is 1. The van der Waals surface area contributed by atoms with E-state index < -0.39 is 4.92 Å². The molecule has 1 aromatic rings. The predicted molar refractivity (Wildman–Crippen MR) is 88.8 cm³/mol. The smallest absolute Gasteiger partial charge is 0.291 e. The molecule has 1 unspecified atom stereocenters. The van der Waals surface area contributed by atoms with Crippen LogP contribution in [-0.2, 0) is 0 Å². The Labute approximate surface area is 135 Å². The van der Waals surface area contributed by atoms with Crippen LogP contribution < -0.4 is 0 Å². The average Bonchev–Trinajstić information content (AvgIpc) is 2.49.